The molecule has 6 nitrogen and oxygen atoms in total. The minimum absolute atomic E-state index is 0.00229. The number of benzene rings is 1. The van der Waals surface area contributed by atoms with Crippen molar-refractivity contribution in [1.82, 2.24) is 4.31 Å². The van der Waals surface area contributed by atoms with Crippen molar-refractivity contribution in [3.63, 3.8) is 0 Å². The Kier molecular flexibility index (Phi) is 5.79. The van der Waals surface area contributed by atoms with E-state index in [1.165, 1.54) is 32.4 Å². The average Bonchev–Trinajstić information content (AvgIpc) is 2.37. The van der Waals surface area contributed by atoms with Gasteiger partial charge in [-0.2, -0.15) is 0 Å². The Morgan fingerprint density at radius 1 is 1.45 bits per heavy atom. The maximum absolute atomic E-state index is 12.3. The minimum Gasteiger partial charge on any atom is -0.469 e. The first-order chi connectivity index (χ1) is 9.28. The highest BCUT2D eigenvalue weighted by Crippen LogP contribution is 2.24. The predicted octanol–water partition coefficient (Wildman–Crippen LogP) is 1.50. The van der Waals surface area contributed by atoms with Crippen LogP contribution in [0, 0.1) is 0 Å². The lowest BCUT2D eigenvalue weighted by Gasteiger charge is -2.18. The Hall–Kier alpha value is -1.31. The molecule has 0 saturated carbocycles. The van der Waals surface area contributed by atoms with E-state index in [1.807, 2.05) is 0 Å². The fourth-order valence-corrected chi connectivity index (χ4v) is 3.07. The van der Waals surface area contributed by atoms with Gasteiger partial charge in [-0.15, -0.1) is 0 Å². The van der Waals surface area contributed by atoms with E-state index in [0.29, 0.717) is 11.4 Å². The predicted molar refractivity (Wildman–Crippen MR) is 76.9 cm³/mol. The molecule has 0 saturated heterocycles. The number of carbonyl (C=O) groups excluding carboxylic acids is 1. The molecule has 0 aromatic heterocycles. The van der Waals surface area contributed by atoms with Crippen molar-refractivity contribution < 1.29 is 17.9 Å². The second kappa shape index (κ2) is 6.92. The molecule has 1 aromatic carbocycles. The summed E-state index contributed by atoms with van der Waals surface area (Å²) in [5, 5.41) is 0.370. The van der Waals surface area contributed by atoms with E-state index in [1.54, 1.807) is 0 Å². The van der Waals surface area contributed by atoms with Crippen molar-refractivity contribution in [2.45, 2.75) is 17.7 Å². The van der Waals surface area contributed by atoms with Crippen LogP contribution in [0.3, 0.4) is 0 Å². The lowest BCUT2D eigenvalue weighted by molar-refractivity contribution is -0.140. The standard InChI is InChI=1S/C12H17ClN2O4S/c1-15(7-3-4-12(16)19-2)20(17,18)11-6-5-9(13)8-10(11)14/h5-6,8H,3-4,7,14H2,1-2H3. The third kappa shape index (κ3) is 4.09. The topological polar surface area (TPSA) is 89.7 Å². The summed E-state index contributed by atoms with van der Waals surface area (Å²) in [4.78, 5) is 11.0. The van der Waals surface area contributed by atoms with Gasteiger partial charge in [-0.25, -0.2) is 12.7 Å². The molecule has 0 atom stereocenters. The second-order valence-electron chi connectivity index (χ2n) is 4.19. The van der Waals surface area contributed by atoms with Gasteiger partial charge in [0.1, 0.15) is 4.90 Å². The van der Waals surface area contributed by atoms with E-state index in [0.717, 1.165) is 4.31 Å². The Bertz CT molecular complexity index is 589. The number of ether oxygens (including phenoxy) is 1. The Morgan fingerprint density at radius 2 is 2.10 bits per heavy atom. The Labute approximate surface area is 123 Å². The van der Waals surface area contributed by atoms with Crippen molar-refractivity contribution in [2.75, 3.05) is 26.4 Å². The summed E-state index contributed by atoms with van der Waals surface area (Å²) < 4.78 is 30.2. The van der Waals surface area contributed by atoms with Gasteiger partial charge in [-0.05, 0) is 24.6 Å². The number of hydrogen-bond acceptors (Lipinski definition) is 5. The second-order valence-corrected chi connectivity index (χ2v) is 6.64. The first-order valence-electron chi connectivity index (χ1n) is 5.87. The van der Waals surface area contributed by atoms with Crippen LogP contribution in [0.2, 0.25) is 5.02 Å². The highest BCUT2D eigenvalue weighted by molar-refractivity contribution is 7.89. The van der Waals surface area contributed by atoms with Gasteiger partial charge in [0.15, 0.2) is 0 Å². The molecule has 8 heteroatoms. The number of sulfonamides is 1. The van der Waals surface area contributed by atoms with Gasteiger partial charge in [0.2, 0.25) is 10.0 Å². The number of carbonyl (C=O) groups is 1. The van der Waals surface area contributed by atoms with E-state index < -0.39 is 10.0 Å². The van der Waals surface area contributed by atoms with Gasteiger partial charge < -0.3 is 10.5 Å². The molecule has 0 aliphatic rings. The van der Waals surface area contributed by atoms with Crippen LogP contribution in [0.15, 0.2) is 23.1 Å². The summed E-state index contributed by atoms with van der Waals surface area (Å²) >= 11 is 5.74. The zero-order valence-corrected chi connectivity index (χ0v) is 12.9. The molecule has 0 amide bonds. The fraction of sp³-hybridized carbons (Fsp3) is 0.417. The molecule has 0 heterocycles. The van der Waals surface area contributed by atoms with Gasteiger partial charge in [0.05, 0.1) is 12.8 Å². The maximum Gasteiger partial charge on any atom is 0.305 e. The summed E-state index contributed by atoms with van der Waals surface area (Å²) in [6.45, 7) is 0.194. The van der Waals surface area contributed by atoms with Crippen LogP contribution in [0.5, 0.6) is 0 Å². The lowest BCUT2D eigenvalue weighted by Crippen LogP contribution is -2.29. The number of nitrogen functional groups attached to an aromatic ring is 1. The Morgan fingerprint density at radius 3 is 2.65 bits per heavy atom. The van der Waals surface area contributed by atoms with Crippen LogP contribution in [-0.2, 0) is 19.6 Å². The highest BCUT2D eigenvalue weighted by Gasteiger charge is 2.23. The van der Waals surface area contributed by atoms with Crippen LogP contribution < -0.4 is 5.73 Å². The summed E-state index contributed by atoms with van der Waals surface area (Å²) in [5.74, 6) is -0.373. The van der Waals surface area contributed by atoms with Crippen molar-refractivity contribution in [2.24, 2.45) is 0 Å². The van der Waals surface area contributed by atoms with Crippen LogP contribution in [0.25, 0.3) is 0 Å². The van der Waals surface area contributed by atoms with Crippen LogP contribution in [-0.4, -0.2) is 39.4 Å². The molecule has 0 spiro atoms. The molecule has 0 fully saturated rings. The smallest absolute Gasteiger partial charge is 0.305 e. The summed E-state index contributed by atoms with van der Waals surface area (Å²) in [6, 6.07) is 4.22. The first kappa shape index (κ1) is 16.7. The lowest BCUT2D eigenvalue weighted by atomic mass is 10.3. The molecule has 0 unspecified atom stereocenters. The van der Waals surface area contributed by atoms with Crippen molar-refractivity contribution >= 4 is 33.3 Å². The number of hydrogen-bond donors (Lipinski definition) is 1. The molecule has 1 rings (SSSR count). The quantitative estimate of drug-likeness (QED) is 0.633. The Balaban J connectivity index is 2.79. The van der Waals surface area contributed by atoms with Crippen LogP contribution in [0.1, 0.15) is 12.8 Å². The van der Waals surface area contributed by atoms with Gasteiger partial charge >= 0.3 is 5.97 Å². The van der Waals surface area contributed by atoms with E-state index in [-0.39, 0.29) is 29.5 Å². The van der Waals surface area contributed by atoms with Crippen LogP contribution in [0.4, 0.5) is 5.69 Å². The molecule has 20 heavy (non-hydrogen) atoms. The van der Waals surface area contributed by atoms with Gasteiger partial charge in [-0.1, -0.05) is 11.6 Å². The molecule has 0 aliphatic carbocycles. The molecule has 2 N–H and O–H groups in total. The van der Waals surface area contributed by atoms with Crippen molar-refractivity contribution in [3.05, 3.63) is 23.2 Å². The number of halogens is 1. The van der Waals surface area contributed by atoms with E-state index >= 15 is 0 Å². The fourth-order valence-electron chi connectivity index (χ4n) is 1.59. The molecule has 1 aromatic rings. The third-order valence-electron chi connectivity index (χ3n) is 2.74. The van der Waals surface area contributed by atoms with E-state index in [4.69, 9.17) is 17.3 Å². The average molecular weight is 321 g/mol. The monoisotopic (exact) mass is 320 g/mol. The van der Waals surface area contributed by atoms with Crippen molar-refractivity contribution in [1.29, 1.82) is 0 Å². The summed E-state index contributed by atoms with van der Waals surface area (Å²) in [6.07, 6.45) is 0.530. The molecule has 0 radical (unpaired) electrons. The number of anilines is 1. The zero-order valence-electron chi connectivity index (χ0n) is 11.3. The number of nitrogens with zero attached hydrogens (tertiary/aromatic N) is 1. The largest absolute Gasteiger partial charge is 0.469 e. The third-order valence-corrected chi connectivity index (χ3v) is 4.91. The molecule has 0 aliphatic heterocycles. The molecule has 0 bridgehead atoms. The minimum atomic E-state index is -3.69. The summed E-state index contributed by atoms with van der Waals surface area (Å²) in [7, 11) is -0.973. The zero-order chi connectivity index (χ0) is 15.3. The van der Waals surface area contributed by atoms with Crippen molar-refractivity contribution in [3.8, 4) is 0 Å². The van der Waals surface area contributed by atoms with E-state index in [9.17, 15) is 13.2 Å². The number of esters is 1. The number of rotatable bonds is 6. The van der Waals surface area contributed by atoms with Crippen LogP contribution >= 0.6 is 11.6 Å². The first-order valence-corrected chi connectivity index (χ1v) is 7.69. The van der Waals surface area contributed by atoms with Gasteiger partial charge in [0, 0.05) is 25.0 Å². The van der Waals surface area contributed by atoms with Gasteiger partial charge in [-0.3, -0.25) is 4.79 Å². The summed E-state index contributed by atoms with van der Waals surface area (Å²) in [5.41, 5.74) is 5.77. The highest BCUT2D eigenvalue weighted by atomic mass is 35.5. The molecule has 112 valence electrons. The van der Waals surface area contributed by atoms with E-state index in [2.05, 4.69) is 4.74 Å². The van der Waals surface area contributed by atoms with Gasteiger partial charge in [0.25, 0.3) is 0 Å². The SMILES string of the molecule is COC(=O)CCCN(C)S(=O)(=O)c1ccc(Cl)cc1N. The maximum atomic E-state index is 12.3. The number of methoxy groups -OCH3 is 1. The normalized spacial score (nSPS) is 11.6. The molecular weight excluding hydrogens is 304 g/mol. The number of nitrogens with two attached hydrogens (primary N) is 1. The molecular formula is C12H17ClN2O4S.